The van der Waals surface area contributed by atoms with Crippen molar-refractivity contribution in [2.24, 2.45) is 5.73 Å². The van der Waals surface area contributed by atoms with Crippen LogP contribution in [-0.2, 0) is 10.0 Å². The van der Waals surface area contributed by atoms with Gasteiger partial charge in [0.15, 0.2) is 0 Å². The van der Waals surface area contributed by atoms with Crippen molar-refractivity contribution in [1.82, 2.24) is 0 Å². The van der Waals surface area contributed by atoms with Gasteiger partial charge in [0, 0.05) is 40.3 Å². The molecule has 0 atom stereocenters. The number of thioether (sulfide) groups is 1. The molecule has 0 aliphatic rings. The SMILES string of the molecule is NCCN(c1ccccc1NCCSc1ccc(Cl)cc1)S(=O)(=O)c1ccc(Cl)cc1. The number of hydrogen-bond acceptors (Lipinski definition) is 5. The molecule has 5 nitrogen and oxygen atoms in total. The Morgan fingerprint density at radius 2 is 1.52 bits per heavy atom. The summed E-state index contributed by atoms with van der Waals surface area (Å²) in [5.41, 5.74) is 7.03. The fourth-order valence-electron chi connectivity index (χ4n) is 2.95. The first kappa shape index (κ1) is 23.8. The fourth-order valence-corrected chi connectivity index (χ4v) is 5.47. The summed E-state index contributed by atoms with van der Waals surface area (Å²) in [6.07, 6.45) is 0. The smallest absolute Gasteiger partial charge is 0.264 e. The van der Waals surface area contributed by atoms with Gasteiger partial charge in [-0.05, 0) is 60.7 Å². The van der Waals surface area contributed by atoms with Crippen LogP contribution >= 0.6 is 35.0 Å². The minimum atomic E-state index is -3.80. The lowest BCUT2D eigenvalue weighted by Gasteiger charge is -2.26. The Morgan fingerprint density at radius 1 is 0.903 bits per heavy atom. The second kappa shape index (κ2) is 11.1. The Bertz CT molecular complexity index is 1090. The summed E-state index contributed by atoms with van der Waals surface area (Å²) in [4.78, 5) is 1.29. The molecule has 0 heterocycles. The predicted octanol–water partition coefficient (Wildman–Crippen LogP) is 5.35. The van der Waals surface area contributed by atoms with Crippen molar-refractivity contribution in [3.8, 4) is 0 Å². The number of nitrogens with one attached hydrogen (secondary N) is 1. The van der Waals surface area contributed by atoms with Gasteiger partial charge >= 0.3 is 0 Å². The van der Waals surface area contributed by atoms with Gasteiger partial charge in [-0.3, -0.25) is 4.31 Å². The van der Waals surface area contributed by atoms with Crippen molar-refractivity contribution in [2.45, 2.75) is 9.79 Å². The lowest BCUT2D eigenvalue weighted by Crippen LogP contribution is -2.36. The molecular formula is C22H23Cl2N3O2S2. The van der Waals surface area contributed by atoms with Gasteiger partial charge in [-0.15, -0.1) is 11.8 Å². The number of para-hydroxylation sites is 2. The molecule has 0 aliphatic heterocycles. The molecule has 0 aromatic heterocycles. The van der Waals surface area contributed by atoms with Gasteiger partial charge in [0.05, 0.1) is 16.3 Å². The Kier molecular flexibility index (Phi) is 8.51. The van der Waals surface area contributed by atoms with E-state index >= 15 is 0 Å². The zero-order valence-electron chi connectivity index (χ0n) is 16.7. The second-order valence-electron chi connectivity index (χ2n) is 6.57. The van der Waals surface area contributed by atoms with Gasteiger partial charge < -0.3 is 11.1 Å². The first-order chi connectivity index (χ1) is 14.9. The maximum atomic E-state index is 13.3. The van der Waals surface area contributed by atoms with Gasteiger partial charge in [-0.1, -0.05) is 35.3 Å². The summed E-state index contributed by atoms with van der Waals surface area (Å²) in [7, 11) is -3.80. The summed E-state index contributed by atoms with van der Waals surface area (Å²) in [6, 6.07) is 21.1. The number of nitrogens with zero attached hydrogens (tertiary/aromatic N) is 1. The van der Waals surface area contributed by atoms with Gasteiger partial charge in [-0.25, -0.2) is 8.42 Å². The van der Waals surface area contributed by atoms with Crippen LogP contribution in [0.3, 0.4) is 0 Å². The van der Waals surface area contributed by atoms with Crippen molar-refractivity contribution >= 4 is 56.4 Å². The zero-order chi connectivity index (χ0) is 22.3. The van der Waals surface area contributed by atoms with Crippen LogP contribution in [0.4, 0.5) is 11.4 Å². The molecule has 3 aromatic rings. The maximum absolute atomic E-state index is 13.3. The monoisotopic (exact) mass is 495 g/mol. The van der Waals surface area contributed by atoms with Gasteiger partial charge in [-0.2, -0.15) is 0 Å². The third-order valence-electron chi connectivity index (χ3n) is 4.41. The Morgan fingerprint density at radius 3 is 2.16 bits per heavy atom. The highest BCUT2D eigenvalue weighted by molar-refractivity contribution is 7.99. The third kappa shape index (κ3) is 6.30. The highest BCUT2D eigenvalue weighted by atomic mass is 35.5. The molecule has 0 radical (unpaired) electrons. The first-order valence-electron chi connectivity index (χ1n) is 9.61. The fraction of sp³-hybridized carbons (Fsp3) is 0.182. The largest absolute Gasteiger partial charge is 0.383 e. The zero-order valence-corrected chi connectivity index (χ0v) is 19.8. The van der Waals surface area contributed by atoms with Crippen LogP contribution in [0.5, 0.6) is 0 Å². The topological polar surface area (TPSA) is 75.4 Å². The van der Waals surface area contributed by atoms with E-state index in [-0.39, 0.29) is 18.0 Å². The van der Waals surface area contributed by atoms with Crippen molar-refractivity contribution in [2.75, 3.05) is 35.0 Å². The highest BCUT2D eigenvalue weighted by Crippen LogP contribution is 2.31. The minimum Gasteiger partial charge on any atom is -0.383 e. The average molecular weight is 496 g/mol. The van der Waals surface area contributed by atoms with Crippen LogP contribution in [-0.4, -0.2) is 33.8 Å². The van der Waals surface area contributed by atoms with Crippen molar-refractivity contribution < 1.29 is 8.42 Å². The quantitative estimate of drug-likeness (QED) is 0.292. The number of nitrogens with two attached hydrogens (primary N) is 1. The average Bonchev–Trinajstić information content (AvgIpc) is 2.77. The third-order valence-corrected chi connectivity index (χ3v) is 7.75. The molecule has 0 bridgehead atoms. The molecule has 3 aromatic carbocycles. The predicted molar refractivity (Wildman–Crippen MR) is 132 cm³/mol. The van der Waals surface area contributed by atoms with E-state index < -0.39 is 10.0 Å². The number of anilines is 2. The Labute approximate surface area is 197 Å². The molecule has 31 heavy (non-hydrogen) atoms. The first-order valence-corrected chi connectivity index (χ1v) is 12.8. The Balaban J connectivity index is 1.76. The van der Waals surface area contributed by atoms with Gasteiger partial charge in [0.1, 0.15) is 0 Å². The van der Waals surface area contributed by atoms with E-state index in [1.165, 1.54) is 16.4 Å². The second-order valence-corrected chi connectivity index (χ2v) is 10.5. The molecule has 3 N–H and O–H groups in total. The number of benzene rings is 3. The van der Waals surface area contributed by atoms with Crippen LogP contribution in [0, 0.1) is 0 Å². The van der Waals surface area contributed by atoms with E-state index in [2.05, 4.69) is 5.32 Å². The molecule has 0 saturated heterocycles. The van der Waals surface area contributed by atoms with E-state index in [9.17, 15) is 8.42 Å². The van der Waals surface area contributed by atoms with Crippen LogP contribution in [0.2, 0.25) is 10.0 Å². The van der Waals surface area contributed by atoms with Crippen LogP contribution < -0.4 is 15.4 Å². The molecule has 164 valence electrons. The van der Waals surface area contributed by atoms with E-state index in [1.54, 1.807) is 30.0 Å². The summed E-state index contributed by atoms with van der Waals surface area (Å²) < 4.78 is 28.0. The van der Waals surface area contributed by atoms with E-state index in [0.29, 0.717) is 22.3 Å². The molecule has 0 unspecified atom stereocenters. The molecule has 0 aliphatic carbocycles. The lowest BCUT2D eigenvalue weighted by molar-refractivity contribution is 0.591. The number of rotatable bonds is 10. The molecular weight excluding hydrogens is 473 g/mol. The molecule has 3 rings (SSSR count). The molecule has 9 heteroatoms. The van der Waals surface area contributed by atoms with Crippen LogP contribution in [0.25, 0.3) is 0 Å². The maximum Gasteiger partial charge on any atom is 0.264 e. The van der Waals surface area contributed by atoms with Crippen molar-refractivity contribution in [3.63, 3.8) is 0 Å². The van der Waals surface area contributed by atoms with Gasteiger partial charge in [0.25, 0.3) is 10.0 Å². The summed E-state index contributed by atoms with van der Waals surface area (Å²) in [5, 5.41) is 4.53. The number of halogens is 2. The summed E-state index contributed by atoms with van der Waals surface area (Å²) in [5.74, 6) is 0.802. The number of hydrogen-bond donors (Lipinski definition) is 2. The summed E-state index contributed by atoms with van der Waals surface area (Å²) >= 11 is 13.5. The number of sulfonamides is 1. The molecule has 0 fully saturated rings. The molecule has 0 saturated carbocycles. The van der Waals surface area contributed by atoms with Crippen molar-refractivity contribution in [1.29, 1.82) is 0 Å². The minimum absolute atomic E-state index is 0.156. The lowest BCUT2D eigenvalue weighted by atomic mass is 10.2. The highest BCUT2D eigenvalue weighted by Gasteiger charge is 2.26. The van der Waals surface area contributed by atoms with E-state index in [4.69, 9.17) is 28.9 Å². The normalized spacial score (nSPS) is 11.3. The Hall–Kier alpha value is -1.90. The van der Waals surface area contributed by atoms with Crippen LogP contribution in [0.15, 0.2) is 82.6 Å². The molecule has 0 amide bonds. The standard InChI is InChI=1S/C22H23Cl2N3O2S2/c23-17-5-9-19(10-6-17)30-16-14-26-21-3-1-2-4-22(21)27(15-13-25)31(28,29)20-11-7-18(24)8-12-20/h1-12,26H,13-16,25H2. The van der Waals surface area contributed by atoms with E-state index in [1.807, 2.05) is 42.5 Å². The van der Waals surface area contributed by atoms with E-state index in [0.717, 1.165) is 16.3 Å². The van der Waals surface area contributed by atoms with Crippen LogP contribution in [0.1, 0.15) is 0 Å². The molecule has 0 spiro atoms. The van der Waals surface area contributed by atoms with Gasteiger partial charge in [0.2, 0.25) is 0 Å². The summed E-state index contributed by atoms with van der Waals surface area (Å²) in [6.45, 7) is 0.999. The van der Waals surface area contributed by atoms with Crippen molar-refractivity contribution in [3.05, 3.63) is 82.8 Å².